The molecule has 0 radical (unpaired) electrons. The zero-order valence-electron chi connectivity index (χ0n) is 10.1. The fourth-order valence-electron chi connectivity index (χ4n) is 1.33. The van der Waals surface area contributed by atoms with Gasteiger partial charge in [-0.2, -0.15) is 0 Å². The Morgan fingerprint density at radius 2 is 2.11 bits per heavy atom. The first-order valence-electron chi connectivity index (χ1n) is 5.76. The van der Waals surface area contributed by atoms with Crippen molar-refractivity contribution in [3.8, 4) is 0 Å². The van der Waals surface area contributed by atoms with Crippen molar-refractivity contribution in [2.45, 2.75) is 18.9 Å². The zero-order chi connectivity index (χ0) is 13.0. The predicted molar refractivity (Wildman–Crippen MR) is 65.1 cm³/mol. The number of nitrogens with one attached hydrogen (secondary N) is 3. The average molecular weight is 249 g/mol. The fraction of sp³-hybridized carbons (Fsp3) is 0.455. The predicted octanol–water partition coefficient (Wildman–Crippen LogP) is -0.473. The molecule has 1 saturated carbocycles. The summed E-state index contributed by atoms with van der Waals surface area (Å²) in [7, 11) is 1.71. The molecule has 0 saturated heterocycles. The summed E-state index contributed by atoms with van der Waals surface area (Å²) in [4.78, 5) is 30.9. The quantitative estimate of drug-likeness (QED) is 0.655. The summed E-state index contributed by atoms with van der Waals surface area (Å²) >= 11 is 0. The Hall–Kier alpha value is -2.18. The van der Waals surface area contributed by atoms with Gasteiger partial charge in [0.25, 0.3) is 5.91 Å². The second kappa shape index (κ2) is 5.44. The van der Waals surface area contributed by atoms with Crippen molar-refractivity contribution in [3.63, 3.8) is 0 Å². The van der Waals surface area contributed by atoms with E-state index >= 15 is 0 Å². The summed E-state index contributed by atoms with van der Waals surface area (Å²) < 4.78 is 0. The van der Waals surface area contributed by atoms with Crippen molar-refractivity contribution in [2.24, 2.45) is 0 Å². The molecule has 2 rings (SSSR count). The smallest absolute Gasteiger partial charge is 0.271 e. The summed E-state index contributed by atoms with van der Waals surface area (Å²) in [6.07, 6.45) is 4.87. The average Bonchev–Trinajstić information content (AvgIpc) is 3.20. The first-order chi connectivity index (χ1) is 8.69. The molecule has 96 valence electrons. The van der Waals surface area contributed by atoms with Gasteiger partial charge < -0.3 is 16.0 Å². The van der Waals surface area contributed by atoms with Crippen LogP contribution in [0, 0.1) is 0 Å². The molecule has 0 spiro atoms. The Bertz CT molecular complexity index is 441. The number of nitrogens with zero attached hydrogens (tertiary/aromatic N) is 2. The van der Waals surface area contributed by atoms with E-state index in [0.717, 1.165) is 12.8 Å². The van der Waals surface area contributed by atoms with Crippen LogP contribution in [0.2, 0.25) is 0 Å². The number of rotatable bonds is 5. The number of aromatic nitrogens is 2. The topological polar surface area (TPSA) is 96.0 Å². The summed E-state index contributed by atoms with van der Waals surface area (Å²) in [5.41, 5.74) is 0.188. The van der Waals surface area contributed by atoms with Crippen LogP contribution in [0.15, 0.2) is 12.4 Å². The van der Waals surface area contributed by atoms with Gasteiger partial charge in [-0.15, -0.1) is 0 Å². The highest BCUT2D eigenvalue weighted by molar-refractivity contribution is 5.94. The Morgan fingerprint density at radius 3 is 2.67 bits per heavy atom. The monoisotopic (exact) mass is 249 g/mol. The molecule has 3 N–H and O–H groups in total. The van der Waals surface area contributed by atoms with Gasteiger partial charge in [0.2, 0.25) is 5.91 Å². The van der Waals surface area contributed by atoms with E-state index in [1.807, 2.05) is 0 Å². The van der Waals surface area contributed by atoms with Crippen LogP contribution in [0.3, 0.4) is 0 Å². The molecule has 1 fully saturated rings. The highest BCUT2D eigenvalue weighted by atomic mass is 16.2. The fourth-order valence-corrected chi connectivity index (χ4v) is 1.33. The van der Waals surface area contributed by atoms with Crippen LogP contribution < -0.4 is 16.0 Å². The first-order valence-corrected chi connectivity index (χ1v) is 5.76. The lowest BCUT2D eigenvalue weighted by molar-refractivity contribution is -0.120. The summed E-state index contributed by atoms with van der Waals surface area (Å²) in [6, 6.07) is 0.295. The third kappa shape index (κ3) is 3.41. The number of amides is 2. The minimum absolute atomic E-state index is 0.0369. The second-order valence-corrected chi connectivity index (χ2v) is 4.06. The molecule has 1 aromatic rings. The maximum atomic E-state index is 11.6. The summed E-state index contributed by atoms with van der Waals surface area (Å²) in [6.45, 7) is -0.0369. The minimum atomic E-state index is -0.406. The van der Waals surface area contributed by atoms with E-state index in [2.05, 4.69) is 25.9 Å². The summed E-state index contributed by atoms with van der Waals surface area (Å²) in [5.74, 6) is -0.000203. The van der Waals surface area contributed by atoms with Crippen LogP contribution in [0.25, 0.3) is 0 Å². The van der Waals surface area contributed by atoms with E-state index < -0.39 is 5.91 Å². The third-order valence-electron chi connectivity index (χ3n) is 2.49. The SMILES string of the molecule is CNc1cnc(C(=O)NCC(=O)NC2CC2)cn1. The largest absolute Gasteiger partial charge is 0.372 e. The van der Waals surface area contributed by atoms with Gasteiger partial charge >= 0.3 is 0 Å². The van der Waals surface area contributed by atoms with Gasteiger partial charge in [-0.1, -0.05) is 0 Å². The zero-order valence-corrected chi connectivity index (χ0v) is 10.1. The molecule has 1 aromatic heterocycles. The Balaban J connectivity index is 1.80. The van der Waals surface area contributed by atoms with Crippen LogP contribution in [0.5, 0.6) is 0 Å². The van der Waals surface area contributed by atoms with E-state index in [0.29, 0.717) is 11.9 Å². The molecular weight excluding hydrogens is 234 g/mol. The lowest BCUT2D eigenvalue weighted by atomic mass is 10.4. The van der Waals surface area contributed by atoms with E-state index in [1.54, 1.807) is 7.05 Å². The number of carbonyl (C=O) groups excluding carboxylic acids is 2. The molecule has 7 nitrogen and oxygen atoms in total. The lowest BCUT2D eigenvalue weighted by Gasteiger charge is -2.05. The molecule has 18 heavy (non-hydrogen) atoms. The standard InChI is InChI=1S/C11H15N5O2/c1-12-9-5-13-8(4-14-9)11(18)15-6-10(17)16-7-2-3-7/h4-5,7H,2-3,6H2,1H3,(H,12,14)(H,15,18)(H,16,17). The van der Waals surface area contributed by atoms with Crippen LogP contribution in [0.4, 0.5) is 5.82 Å². The van der Waals surface area contributed by atoms with Gasteiger partial charge in [-0.25, -0.2) is 9.97 Å². The van der Waals surface area contributed by atoms with Crippen LogP contribution in [0.1, 0.15) is 23.3 Å². The number of anilines is 1. The molecule has 1 aliphatic rings. The maximum absolute atomic E-state index is 11.6. The van der Waals surface area contributed by atoms with Gasteiger partial charge in [-0.05, 0) is 12.8 Å². The van der Waals surface area contributed by atoms with Crippen molar-refractivity contribution in [3.05, 3.63) is 18.1 Å². The lowest BCUT2D eigenvalue weighted by Crippen LogP contribution is -2.38. The molecule has 0 bridgehead atoms. The maximum Gasteiger partial charge on any atom is 0.271 e. The van der Waals surface area contributed by atoms with E-state index in [4.69, 9.17) is 0 Å². The van der Waals surface area contributed by atoms with E-state index in [1.165, 1.54) is 12.4 Å². The number of hydrogen-bond acceptors (Lipinski definition) is 5. The van der Waals surface area contributed by atoms with Crippen molar-refractivity contribution in [1.82, 2.24) is 20.6 Å². The third-order valence-corrected chi connectivity index (χ3v) is 2.49. The van der Waals surface area contributed by atoms with Gasteiger partial charge in [0.1, 0.15) is 11.5 Å². The molecule has 2 amide bonds. The van der Waals surface area contributed by atoms with E-state index in [9.17, 15) is 9.59 Å². The van der Waals surface area contributed by atoms with Gasteiger partial charge in [-0.3, -0.25) is 9.59 Å². The molecule has 0 unspecified atom stereocenters. The molecule has 1 aliphatic carbocycles. The Morgan fingerprint density at radius 1 is 1.33 bits per heavy atom. The van der Waals surface area contributed by atoms with Crippen molar-refractivity contribution in [1.29, 1.82) is 0 Å². The van der Waals surface area contributed by atoms with Crippen LogP contribution in [-0.4, -0.2) is 41.4 Å². The molecule has 0 aliphatic heterocycles. The number of hydrogen-bond donors (Lipinski definition) is 3. The van der Waals surface area contributed by atoms with Crippen molar-refractivity contribution >= 4 is 17.6 Å². The Kier molecular flexibility index (Phi) is 3.71. The van der Waals surface area contributed by atoms with Crippen LogP contribution >= 0.6 is 0 Å². The summed E-state index contributed by atoms with van der Waals surface area (Å²) in [5, 5.41) is 8.08. The number of carbonyl (C=O) groups is 2. The van der Waals surface area contributed by atoms with Crippen molar-refractivity contribution < 1.29 is 9.59 Å². The van der Waals surface area contributed by atoms with Gasteiger partial charge in [0.15, 0.2) is 0 Å². The normalized spacial score (nSPS) is 13.8. The highest BCUT2D eigenvalue weighted by Crippen LogP contribution is 2.18. The van der Waals surface area contributed by atoms with E-state index in [-0.39, 0.29) is 18.1 Å². The molecule has 7 heteroatoms. The van der Waals surface area contributed by atoms with Gasteiger partial charge in [0, 0.05) is 13.1 Å². The molecule has 0 atom stereocenters. The molecule has 1 heterocycles. The molecule has 0 aromatic carbocycles. The Labute approximate surface area is 104 Å². The first kappa shape index (κ1) is 12.3. The minimum Gasteiger partial charge on any atom is -0.372 e. The molecular formula is C11H15N5O2. The van der Waals surface area contributed by atoms with Crippen molar-refractivity contribution in [2.75, 3.05) is 18.9 Å². The van der Waals surface area contributed by atoms with Crippen LogP contribution in [-0.2, 0) is 4.79 Å². The second-order valence-electron chi connectivity index (χ2n) is 4.06. The highest BCUT2D eigenvalue weighted by Gasteiger charge is 2.23. The van der Waals surface area contributed by atoms with Gasteiger partial charge in [0.05, 0.1) is 18.9 Å².